The van der Waals surface area contributed by atoms with Gasteiger partial charge < -0.3 is 53.7 Å². The number of carboxylic acid groups (broad SMARTS) is 3. The Morgan fingerprint density at radius 2 is 1.08 bits per heavy atom. The van der Waals surface area contributed by atoms with Crippen LogP contribution in [-0.4, -0.2) is 66.5 Å². The minimum absolute atomic E-state index is 0.0383. The van der Waals surface area contributed by atoms with Gasteiger partial charge in [-0.25, -0.2) is 0 Å². The minimum Gasteiger partial charge on any atom is -0.508 e. The molecule has 0 spiro atoms. The molecule has 0 saturated carbocycles. The van der Waals surface area contributed by atoms with Crippen LogP contribution in [0.5, 0.6) is 34.5 Å². The third-order valence-electron chi connectivity index (χ3n) is 8.37. The van der Waals surface area contributed by atoms with Crippen LogP contribution in [0.15, 0.2) is 85.2 Å². The summed E-state index contributed by atoms with van der Waals surface area (Å²) in [5.41, 5.74) is -2.69. The minimum atomic E-state index is -1.48. The highest BCUT2D eigenvalue weighted by molar-refractivity contribution is 5.96. The first-order valence-electron chi connectivity index (χ1n) is 17.5. The lowest BCUT2D eigenvalue weighted by molar-refractivity contribution is -0.137. The van der Waals surface area contributed by atoms with Crippen molar-refractivity contribution in [1.29, 1.82) is 0 Å². The zero-order valence-electron chi connectivity index (χ0n) is 32.0. The number of phenols is 3. The van der Waals surface area contributed by atoms with Crippen molar-refractivity contribution >= 4 is 57.8 Å². The number of hydrogen-bond acceptors (Lipinski definition) is 16. The van der Waals surface area contributed by atoms with Gasteiger partial charge in [0.1, 0.15) is 68.0 Å². The molecule has 19 nitrogen and oxygen atoms in total. The molecular formula is C42H32O19. The van der Waals surface area contributed by atoms with E-state index < -0.39 is 105 Å². The molecule has 0 amide bonds. The van der Waals surface area contributed by atoms with E-state index in [0.717, 1.165) is 0 Å². The van der Waals surface area contributed by atoms with Gasteiger partial charge in [0.2, 0.25) is 5.43 Å². The Hall–Kier alpha value is -8.48. The molecule has 0 bridgehead atoms. The number of hydrogen-bond donors (Lipinski definition) is 6. The molecule has 0 unspecified atom stereocenters. The van der Waals surface area contributed by atoms with Gasteiger partial charge in [-0.1, -0.05) is 0 Å². The van der Waals surface area contributed by atoms with Crippen molar-refractivity contribution in [1.82, 2.24) is 0 Å². The van der Waals surface area contributed by atoms with Crippen molar-refractivity contribution in [2.75, 3.05) is 0 Å². The van der Waals surface area contributed by atoms with E-state index in [0.29, 0.717) is 11.3 Å². The molecule has 61 heavy (non-hydrogen) atoms. The normalized spacial score (nSPS) is 10.7. The maximum Gasteiger partial charge on any atom is 0.308 e. The van der Waals surface area contributed by atoms with Crippen LogP contribution in [0.3, 0.4) is 0 Å². The van der Waals surface area contributed by atoms with E-state index in [1.165, 1.54) is 63.2 Å². The molecule has 19 heteroatoms. The predicted molar refractivity (Wildman–Crippen MR) is 209 cm³/mol. The Morgan fingerprint density at radius 1 is 0.557 bits per heavy atom. The highest BCUT2D eigenvalue weighted by atomic mass is 16.5. The van der Waals surface area contributed by atoms with Crippen molar-refractivity contribution in [3.05, 3.63) is 104 Å². The number of aliphatic carboxylic acids is 3. The molecule has 6 aromatic rings. The number of esters is 3. The molecule has 0 radical (unpaired) electrons. The maximum atomic E-state index is 13.2. The number of carbonyl (C=O) groups excluding carboxylic acids is 3. The first-order valence-corrected chi connectivity index (χ1v) is 17.5. The lowest BCUT2D eigenvalue weighted by Gasteiger charge is -2.16. The van der Waals surface area contributed by atoms with Crippen molar-refractivity contribution in [3.63, 3.8) is 0 Å². The van der Waals surface area contributed by atoms with Gasteiger partial charge in [0.15, 0.2) is 5.43 Å². The van der Waals surface area contributed by atoms with Gasteiger partial charge in [-0.3, -0.25) is 38.4 Å². The molecule has 6 rings (SSSR count). The average Bonchev–Trinajstić information content (AvgIpc) is 3.15. The molecule has 0 aliphatic heterocycles. The van der Waals surface area contributed by atoms with Crippen LogP contribution >= 0.6 is 0 Å². The highest BCUT2D eigenvalue weighted by Gasteiger charge is 2.29. The number of rotatable bonds is 11. The van der Waals surface area contributed by atoms with Crippen LogP contribution < -0.4 is 25.1 Å². The maximum absolute atomic E-state index is 13.2. The van der Waals surface area contributed by atoms with Gasteiger partial charge in [-0.05, 0) is 48.5 Å². The topological polar surface area (TPSA) is 312 Å². The van der Waals surface area contributed by atoms with Crippen LogP contribution in [0.25, 0.3) is 44.6 Å². The number of carboxylic acids is 3. The van der Waals surface area contributed by atoms with Crippen molar-refractivity contribution in [3.8, 4) is 57.1 Å². The van der Waals surface area contributed by atoms with Gasteiger partial charge in [0.25, 0.3) is 0 Å². The number of carbonyl (C=O) groups is 6. The smallest absolute Gasteiger partial charge is 0.308 e. The quantitative estimate of drug-likeness (QED) is 0.0761. The van der Waals surface area contributed by atoms with Crippen LogP contribution in [-0.2, 0) is 48.0 Å². The Morgan fingerprint density at radius 3 is 1.64 bits per heavy atom. The van der Waals surface area contributed by atoms with Crippen LogP contribution in [0.2, 0.25) is 0 Å². The number of fused-ring (bicyclic) bond motifs is 2. The summed E-state index contributed by atoms with van der Waals surface area (Å²) in [5, 5.41) is 57.5. The summed E-state index contributed by atoms with van der Waals surface area (Å²) in [6.07, 6.45) is -2.66. The highest BCUT2D eigenvalue weighted by Crippen LogP contribution is 2.41. The molecule has 0 aliphatic carbocycles. The van der Waals surface area contributed by atoms with Gasteiger partial charge in [0.05, 0.1) is 24.8 Å². The van der Waals surface area contributed by atoms with E-state index in [9.17, 15) is 63.9 Å². The Balaban J connectivity index is 0.000000232. The number of phenolic OH excluding ortho intramolecular Hbond substituents is 3. The average molecular weight is 841 g/mol. The summed E-state index contributed by atoms with van der Waals surface area (Å²) in [7, 11) is 0. The number of ether oxygens (including phenoxy) is 3. The van der Waals surface area contributed by atoms with Gasteiger partial charge in [-0.2, -0.15) is 0 Å². The molecule has 2 heterocycles. The van der Waals surface area contributed by atoms with E-state index in [1.807, 2.05) is 0 Å². The third-order valence-corrected chi connectivity index (χ3v) is 8.37. The molecule has 0 fully saturated rings. The number of benzene rings is 4. The largest absolute Gasteiger partial charge is 0.508 e. The number of aromatic hydroxyl groups is 3. The SMILES string of the molecule is CC(=O)Oc1ccc(-c2cc(=O)c3c(OC(C)=O)cc(OC(C)=O)cc3o2)cc1.O=C(O)Cc1c(O)c(CC(=O)O)c2oc(-c3ccc(O)cc3)c(CC(=O)O)c(=O)c2c1O. The molecule has 6 N–H and O–H groups in total. The van der Waals surface area contributed by atoms with Crippen LogP contribution in [0.1, 0.15) is 37.5 Å². The second kappa shape index (κ2) is 18.0. The van der Waals surface area contributed by atoms with Crippen LogP contribution in [0.4, 0.5) is 0 Å². The molecule has 4 aromatic carbocycles. The fraction of sp³-hybridized carbons (Fsp3) is 0.143. The fourth-order valence-corrected chi connectivity index (χ4v) is 6.03. The molecule has 0 saturated heterocycles. The van der Waals surface area contributed by atoms with Crippen molar-refractivity contribution in [2.24, 2.45) is 0 Å². The molecule has 0 atom stereocenters. The van der Waals surface area contributed by atoms with E-state index in [2.05, 4.69) is 0 Å². The lowest BCUT2D eigenvalue weighted by Crippen LogP contribution is -2.17. The fourth-order valence-electron chi connectivity index (χ4n) is 6.03. The third kappa shape index (κ3) is 10.2. The second-order valence-corrected chi connectivity index (χ2v) is 12.9. The van der Waals surface area contributed by atoms with E-state index in [-0.39, 0.29) is 45.3 Å². The lowest BCUT2D eigenvalue weighted by atomic mass is 9.95. The van der Waals surface area contributed by atoms with Crippen LogP contribution in [0, 0.1) is 0 Å². The summed E-state index contributed by atoms with van der Waals surface area (Å²) in [4.78, 5) is 93.5. The second-order valence-electron chi connectivity index (χ2n) is 12.9. The molecule has 0 aliphatic rings. The monoisotopic (exact) mass is 840 g/mol. The summed E-state index contributed by atoms with van der Waals surface area (Å²) < 4.78 is 26.6. The predicted octanol–water partition coefficient (Wildman–Crippen LogP) is 4.69. The summed E-state index contributed by atoms with van der Waals surface area (Å²) in [6, 6.07) is 15.4. The molecule has 2 aromatic heterocycles. The van der Waals surface area contributed by atoms with Gasteiger partial charge >= 0.3 is 35.8 Å². The zero-order chi connectivity index (χ0) is 44.9. The molecule has 314 valence electrons. The first kappa shape index (κ1) is 43.6. The standard InChI is InChI=1S/C21H16O11.C21H16O8/c22-9-3-1-8(2-4-9)20-12(7-15(27)28)19(31)16-18(30)10(5-13(23)24)17(29)11(6-14(25)26)21(16)32-20;1-11(22)26-15-6-4-14(5-7-15)18-10-17(25)21-19(28-13(3)24)8-16(27-12(2)23)9-20(21)29-18/h1-4,22,29-30H,5-7H2,(H,23,24)(H,25,26)(H,27,28);4-10H,1-3H3. The Labute approximate surface area is 340 Å². The Kier molecular flexibility index (Phi) is 12.9. The first-order chi connectivity index (χ1) is 28.7. The summed E-state index contributed by atoms with van der Waals surface area (Å²) in [6.45, 7) is 3.69. The van der Waals surface area contributed by atoms with E-state index in [4.69, 9.17) is 28.2 Å². The molecular weight excluding hydrogens is 808 g/mol. The van der Waals surface area contributed by atoms with Crippen molar-refractivity contribution in [2.45, 2.75) is 40.0 Å². The van der Waals surface area contributed by atoms with E-state index in [1.54, 1.807) is 24.3 Å². The van der Waals surface area contributed by atoms with E-state index >= 15 is 0 Å². The van der Waals surface area contributed by atoms with Gasteiger partial charge in [-0.15, -0.1) is 0 Å². The summed E-state index contributed by atoms with van der Waals surface area (Å²) in [5.74, 6) is -7.68. The summed E-state index contributed by atoms with van der Waals surface area (Å²) >= 11 is 0. The van der Waals surface area contributed by atoms with Gasteiger partial charge in [0, 0.05) is 61.2 Å². The Bertz CT molecular complexity index is 2880. The zero-order valence-corrected chi connectivity index (χ0v) is 32.0. The van der Waals surface area contributed by atoms with Crippen molar-refractivity contribution < 1.29 is 82.5 Å².